The Morgan fingerprint density at radius 2 is 1.73 bits per heavy atom. The molecule has 0 radical (unpaired) electrons. The van der Waals surface area contributed by atoms with E-state index in [4.69, 9.17) is 0 Å². The van der Waals surface area contributed by atoms with Gasteiger partial charge in [0.1, 0.15) is 17.3 Å². The van der Waals surface area contributed by atoms with Gasteiger partial charge in [0.25, 0.3) is 5.91 Å². The Kier molecular flexibility index (Phi) is 5.27. The molecule has 1 heterocycles. The van der Waals surface area contributed by atoms with E-state index < -0.39 is 0 Å². The molecule has 0 aliphatic carbocycles. The quantitative estimate of drug-likeness (QED) is 0.713. The molecule has 0 spiro atoms. The van der Waals surface area contributed by atoms with Crippen LogP contribution in [0.25, 0.3) is 0 Å². The van der Waals surface area contributed by atoms with Gasteiger partial charge < -0.3 is 10.6 Å². The predicted octanol–water partition coefficient (Wildman–Crippen LogP) is 4.52. The van der Waals surface area contributed by atoms with Gasteiger partial charge >= 0.3 is 0 Å². The number of aromatic nitrogens is 2. The van der Waals surface area contributed by atoms with E-state index in [0.29, 0.717) is 17.3 Å². The zero-order valence-corrected chi connectivity index (χ0v) is 15.2. The van der Waals surface area contributed by atoms with Crippen LogP contribution in [0.15, 0.2) is 60.7 Å². The first-order chi connectivity index (χ1) is 12.5. The van der Waals surface area contributed by atoms with Crippen molar-refractivity contribution < 1.29 is 4.79 Å². The standard InChI is InChI=1S/C21H22N4O/c1-14-8-7-11-18(12-14)25-21(26)19-13-20(24-16(3)23-19)22-15(2)17-9-5-4-6-10-17/h4-13,15H,1-3H3,(H,25,26)(H,22,23,24). The highest BCUT2D eigenvalue weighted by Crippen LogP contribution is 2.19. The SMILES string of the molecule is Cc1cccc(NC(=O)c2cc(NC(C)c3ccccc3)nc(C)n2)c1. The lowest BCUT2D eigenvalue weighted by molar-refractivity contribution is 0.102. The third kappa shape index (κ3) is 4.45. The van der Waals surface area contributed by atoms with E-state index in [0.717, 1.165) is 16.8 Å². The Bertz CT molecular complexity index is 909. The summed E-state index contributed by atoms with van der Waals surface area (Å²) in [6, 6.07) is 19.5. The molecule has 26 heavy (non-hydrogen) atoms. The first-order valence-corrected chi connectivity index (χ1v) is 8.56. The van der Waals surface area contributed by atoms with Crippen molar-refractivity contribution in [2.45, 2.75) is 26.8 Å². The average Bonchev–Trinajstić information content (AvgIpc) is 2.62. The number of benzene rings is 2. The topological polar surface area (TPSA) is 66.9 Å². The van der Waals surface area contributed by atoms with E-state index >= 15 is 0 Å². The van der Waals surface area contributed by atoms with Crippen LogP contribution in [-0.4, -0.2) is 15.9 Å². The minimum absolute atomic E-state index is 0.0678. The largest absolute Gasteiger partial charge is 0.363 e. The number of hydrogen-bond donors (Lipinski definition) is 2. The second kappa shape index (κ2) is 7.78. The van der Waals surface area contributed by atoms with E-state index in [-0.39, 0.29) is 11.9 Å². The van der Waals surface area contributed by atoms with Crippen LogP contribution in [0.2, 0.25) is 0 Å². The normalized spacial score (nSPS) is 11.7. The average molecular weight is 346 g/mol. The van der Waals surface area contributed by atoms with Crippen LogP contribution in [0.1, 0.15) is 40.4 Å². The molecule has 1 unspecified atom stereocenters. The molecule has 1 atom stereocenters. The molecule has 3 rings (SSSR count). The van der Waals surface area contributed by atoms with E-state index in [1.54, 1.807) is 13.0 Å². The molecular weight excluding hydrogens is 324 g/mol. The maximum Gasteiger partial charge on any atom is 0.274 e. The Labute approximate surface area is 153 Å². The summed E-state index contributed by atoms with van der Waals surface area (Å²) in [5.74, 6) is 0.921. The number of aryl methyl sites for hydroxylation is 2. The summed E-state index contributed by atoms with van der Waals surface area (Å²) in [6.07, 6.45) is 0. The highest BCUT2D eigenvalue weighted by molar-refractivity contribution is 6.03. The molecule has 0 aliphatic heterocycles. The smallest absolute Gasteiger partial charge is 0.274 e. The van der Waals surface area contributed by atoms with Crippen molar-refractivity contribution in [3.8, 4) is 0 Å². The first kappa shape index (κ1) is 17.6. The fourth-order valence-corrected chi connectivity index (χ4v) is 2.72. The molecule has 0 bridgehead atoms. The molecular formula is C21H22N4O. The highest BCUT2D eigenvalue weighted by Gasteiger charge is 2.13. The highest BCUT2D eigenvalue weighted by atomic mass is 16.1. The Balaban J connectivity index is 1.77. The number of hydrogen-bond acceptors (Lipinski definition) is 4. The van der Waals surface area contributed by atoms with Gasteiger partial charge in [0.15, 0.2) is 0 Å². The molecule has 132 valence electrons. The molecule has 0 saturated heterocycles. The molecule has 5 nitrogen and oxygen atoms in total. The molecule has 0 saturated carbocycles. The van der Waals surface area contributed by atoms with Crippen LogP contribution in [0.3, 0.4) is 0 Å². The van der Waals surface area contributed by atoms with Gasteiger partial charge in [-0.2, -0.15) is 0 Å². The van der Waals surface area contributed by atoms with Gasteiger partial charge in [-0.1, -0.05) is 42.5 Å². The van der Waals surface area contributed by atoms with Crippen LogP contribution in [0.4, 0.5) is 11.5 Å². The fraction of sp³-hybridized carbons (Fsp3) is 0.190. The Hall–Kier alpha value is -3.21. The van der Waals surface area contributed by atoms with Crippen molar-refractivity contribution in [3.05, 3.63) is 83.3 Å². The maximum absolute atomic E-state index is 12.6. The maximum atomic E-state index is 12.6. The van der Waals surface area contributed by atoms with Gasteiger partial charge in [0.05, 0.1) is 0 Å². The lowest BCUT2D eigenvalue weighted by Crippen LogP contribution is -2.16. The molecule has 1 amide bonds. The van der Waals surface area contributed by atoms with Crippen molar-refractivity contribution in [3.63, 3.8) is 0 Å². The predicted molar refractivity (Wildman–Crippen MR) is 104 cm³/mol. The summed E-state index contributed by atoms with van der Waals surface area (Å²) in [5.41, 5.74) is 3.32. The minimum atomic E-state index is -0.253. The minimum Gasteiger partial charge on any atom is -0.363 e. The monoisotopic (exact) mass is 346 g/mol. The summed E-state index contributed by atoms with van der Waals surface area (Å²) in [7, 11) is 0. The molecule has 2 N–H and O–H groups in total. The van der Waals surface area contributed by atoms with Gasteiger partial charge in [-0.3, -0.25) is 4.79 Å². The van der Waals surface area contributed by atoms with Crippen LogP contribution in [0, 0.1) is 13.8 Å². The molecule has 2 aromatic carbocycles. The number of nitrogens with one attached hydrogen (secondary N) is 2. The molecule has 3 aromatic rings. The summed E-state index contributed by atoms with van der Waals surface area (Å²) < 4.78 is 0. The van der Waals surface area contributed by atoms with Gasteiger partial charge in [-0.25, -0.2) is 9.97 Å². The summed E-state index contributed by atoms with van der Waals surface area (Å²) in [6.45, 7) is 5.82. The summed E-state index contributed by atoms with van der Waals surface area (Å²) >= 11 is 0. The fourth-order valence-electron chi connectivity index (χ4n) is 2.72. The number of amides is 1. The lowest BCUT2D eigenvalue weighted by atomic mass is 10.1. The molecule has 5 heteroatoms. The van der Waals surface area contributed by atoms with Crippen molar-refractivity contribution >= 4 is 17.4 Å². The van der Waals surface area contributed by atoms with Crippen LogP contribution >= 0.6 is 0 Å². The van der Waals surface area contributed by atoms with Gasteiger partial charge in [-0.15, -0.1) is 0 Å². The third-order valence-electron chi connectivity index (χ3n) is 4.01. The van der Waals surface area contributed by atoms with Crippen molar-refractivity contribution in [1.29, 1.82) is 0 Å². The molecule has 1 aromatic heterocycles. The van der Waals surface area contributed by atoms with Gasteiger partial charge in [-0.05, 0) is 44.0 Å². The molecule has 0 aliphatic rings. The zero-order valence-electron chi connectivity index (χ0n) is 15.2. The van der Waals surface area contributed by atoms with Crippen LogP contribution in [-0.2, 0) is 0 Å². The number of rotatable bonds is 5. The zero-order chi connectivity index (χ0) is 18.5. The Morgan fingerprint density at radius 1 is 0.962 bits per heavy atom. The number of nitrogens with zero attached hydrogens (tertiary/aromatic N) is 2. The van der Waals surface area contributed by atoms with Crippen molar-refractivity contribution in [2.24, 2.45) is 0 Å². The van der Waals surface area contributed by atoms with Crippen molar-refractivity contribution in [1.82, 2.24) is 9.97 Å². The van der Waals surface area contributed by atoms with E-state index in [1.807, 2.05) is 49.4 Å². The van der Waals surface area contributed by atoms with Crippen molar-refractivity contribution in [2.75, 3.05) is 10.6 Å². The summed E-state index contributed by atoms with van der Waals surface area (Å²) in [4.78, 5) is 21.2. The third-order valence-corrected chi connectivity index (χ3v) is 4.01. The number of anilines is 2. The second-order valence-corrected chi connectivity index (χ2v) is 6.29. The van der Waals surface area contributed by atoms with Gasteiger partial charge in [0, 0.05) is 17.8 Å². The second-order valence-electron chi connectivity index (χ2n) is 6.29. The molecule has 0 fully saturated rings. The number of carbonyl (C=O) groups is 1. The van der Waals surface area contributed by atoms with Crippen LogP contribution in [0.5, 0.6) is 0 Å². The van der Waals surface area contributed by atoms with Crippen LogP contribution < -0.4 is 10.6 Å². The lowest BCUT2D eigenvalue weighted by Gasteiger charge is -2.16. The summed E-state index contributed by atoms with van der Waals surface area (Å²) in [5, 5.41) is 6.22. The van der Waals surface area contributed by atoms with Gasteiger partial charge in [0.2, 0.25) is 0 Å². The Morgan fingerprint density at radius 3 is 2.46 bits per heavy atom. The first-order valence-electron chi connectivity index (χ1n) is 8.56. The van der Waals surface area contributed by atoms with E-state index in [9.17, 15) is 4.79 Å². The van der Waals surface area contributed by atoms with E-state index in [1.165, 1.54) is 0 Å². The number of carbonyl (C=O) groups excluding carboxylic acids is 1. The van der Waals surface area contributed by atoms with E-state index in [2.05, 4.69) is 39.7 Å².